The quantitative estimate of drug-likeness (QED) is 0.370. The van der Waals surface area contributed by atoms with E-state index in [2.05, 4.69) is 77.9 Å². The normalized spacial score (nSPS) is 18.4. The Labute approximate surface area is 177 Å². The average Bonchev–Trinajstić information content (AvgIpc) is 3.31. The molecule has 1 heterocycles. The van der Waals surface area contributed by atoms with Crippen molar-refractivity contribution in [1.29, 1.82) is 5.41 Å². The van der Waals surface area contributed by atoms with E-state index >= 15 is 0 Å². The summed E-state index contributed by atoms with van der Waals surface area (Å²) in [7, 11) is 0. The fraction of sp³-hybridized carbons (Fsp3) is 0.240. The molecule has 0 saturated carbocycles. The maximum Gasteiger partial charge on any atom is 0.215 e. The third kappa shape index (κ3) is 4.40. The molecule has 3 aromatic rings. The van der Waals surface area contributed by atoms with Crippen LogP contribution in [0.1, 0.15) is 42.4 Å². The van der Waals surface area contributed by atoms with Crippen molar-refractivity contribution in [1.82, 2.24) is 14.9 Å². The van der Waals surface area contributed by atoms with Crippen LogP contribution in [0.25, 0.3) is 0 Å². The number of allylic oxidation sites excluding steroid dienone is 2. The number of aryl methyl sites for hydroxylation is 1. The minimum atomic E-state index is 0.211. The van der Waals surface area contributed by atoms with Gasteiger partial charge in [-0.1, -0.05) is 60.7 Å². The van der Waals surface area contributed by atoms with Crippen molar-refractivity contribution in [2.45, 2.75) is 32.2 Å². The van der Waals surface area contributed by atoms with Crippen LogP contribution < -0.4 is 5.32 Å². The zero-order valence-electron chi connectivity index (χ0n) is 17.3. The number of hydrogen-bond acceptors (Lipinski definition) is 2. The van der Waals surface area contributed by atoms with Gasteiger partial charge < -0.3 is 9.88 Å². The first-order valence-electron chi connectivity index (χ1n) is 10.4. The molecule has 1 atom stereocenters. The van der Waals surface area contributed by atoms with Gasteiger partial charge >= 0.3 is 0 Å². The third-order valence-electron chi connectivity index (χ3n) is 5.54. The van der Waals surface area contributed by atoms with Crippen LogP contribution in [0, 0.1) is 5.41 Å². The molecule has 0 spiro atoms. The molecular weight excluding hydrogens is 370 g/mol. The number of fused-ring (bicyclic) bond motifs is 1. The number of nitrogens with one attached hydrogen (secondary N) is 2. The van der Waals surface area contributed by atoms with E-state index in [1.807, 2.05) is 17.1 Å². The van der Waals surface area contributed by atoms with Crippen LogP contribution >= 0.6 is 0 Å². The monoisotopic (exact) mass is 397 g/mol. The predicted molar refractivity (Wildman–Crippen MR) is 122 cm³/mol. The minimum absolute atomic E-state index is 0.211. The summed E-state index contributed by atoms with van der Waals surface area (Å²) in [6.45, 7) is 3.63. The van der Waals surface area contributed by atoms with Gasteiger partial charge in [-0.3, -0.25) is 5.41 Å². The molecule has 5 nitrogen and oxygen atoms in total. The molecule has 1 aliphatic rings. The molecule has 152 valence electrons. The van der Waals surface area contributed by atoms with Gasteiger partial charge in [0.05, 0.1) is 12.0 Å². The third-order valence-corrected chi connectivity index (χ3v) is 5.54. The molecule has 0 bridgehead atoms. The number of guanidine groups is 1. The first-order valence-corrected chi connectivity index (χ1v) is 10.4. The summed E-state index contributed by atoms with van der Waals surface area (Å²) in [5.74, 6) is 0.521. The van der Waals surface area contributed by atoms with Gasteiger partial charge in [0.2, 0.25) is 5.96 Å². The van der Waals surface area contributed by atoms with Crippen LogP contribution in [0.2, 0.25) is 0 Å². The lowest BCUT2D eigenvalue weighted by atomic mass is 9.75. The molecule has 5 heteroatoms. The number of aromatic nitrogens is 2. The number of hydrogen-bond donors (Lipinski definition) is 2. The van der Waals surface area contributed by atoms with E-state index < -0.39 is 0 Å². The van der Waals surface area contributed by atoms with Crippen molar-refractivity contribution >= 4 is 11.7 Å². The van der Waals surface area contributed by atoms with Crippen LogP contribution in [0.3, 0.4) is 0 Å². The van der Waals surface area contributed by atoms with E-state index in [9.17, 15) is 0 Å². The fourth-order valence-electron chi connectivity index (χ4n) is 4.02. The van der Waals surface area contributed by atoms with E-state index in [1.54, 1.807) is 6.20 Å². The fourth-order valence-corrected chi connectivity index (χ4v) is 4.02. The largest absolute Gasteiger partial charge is 0.355 e. The lowest BCUT2D eigenvalue weighted by Gasteiger charge is -2.29. The van der Waals surface area contributed by atoms with E-state index in [0.29, 0.717) is 12.5 Å². The molecule has 1 aliphatic carbocycles. The van der Waals surface area contributed by atoms with Crippen molar-refractivity contribution in [3.63, 3.8) is 0 Å². The SMILES string of the molecule is C/C=C1/CC(c2ccccc2)c2ccccc2/C1=N/C(=N)NCCCn1ccnc1. The van der Waals surface area contributed by atoms with Crippen LogP contribution in [0.4, 0.5) is 0 Å². The van der Waals surface area contributed by atoms with E-state index in [-0.39, 0.29) is 5.96 Å². The Balaban J connectivity index is 1.53. The Morgan fingerprint density at radius 2 is 2.00 bits per heavy atom. The number of imidazole rings is 1. The highest BCUT2D eigenvalue weighted by atomic mass is 15.1. The zero-order valence-corrected chi connectivity index (χ0v) is 17.3. The zero-order chi connectivity index (χ0) is 20.8. The predicted octanol–water partition coefficient (Wildman–Crippen LogP) is 4.77. The molecule has 4 rings (SSSR count). The molecule has 2 N–H and O–H groups in total. The standard InChI is InChI=1S/C25H27N5/c1-2-19-17-23(20-9-4-3-5-10-20)21-11-6-7-12-22(21)24(19)29-25(26)28-13-8-15-30-16-14-27-18-30/h2-7,9-12,14,16,18,23H,8,13,15,17H2,1H3,(H2,26,28)/b19-2-,29-24+. The number of benzene rings is 2. The molecule has 2 aromatic carbocycles. The number of nitrogens with zero attached hydrogens (tertiary/aromatic N) is 3. The van der Waals surface area contributed by atoms with E-state index in [4.69, 9.17) is 10.4 Å². The maximum absolute atomic E-state index is 8.35. The van der Waals surface area contributed by atoms with Crippen molar-refractivity contribution in [2.24, 2.45) is 4.99 Å². The van der Waals surface area contributed by atoms with Crippen molar-refractivity contribution in [2.75, 3.05) is 6.54 Å². The second kappa shape index (κ2) is 9.35. The van der Waals surface area contributed by atoms with Gasteiger partial charge in [0.25, 0.3) is 0 Å². The van der Waals surface area contributed by atoms with Gasteiger partial charge in [0.15, 0.2) is 0 Å². The van der Waals surface area contributed by atoms with E-state index in [1.165, 1.54) is 16.7 Å². The molecule has 0 radical (unpaired) electrons. The van der Waals surface area contributed by atoms with Crippen molar-refractivity contribution in [3.05, 3.63) is 102 Å². The smallest absolute Gasteiger partial charge is 0.215 e. The van der Waals surface area contributed by atoms with E-state index in [0.717, 1.165) is 30.7 Å². The second-order valence-electron chi connectivity index (χ2n) is 7.46. The van der Waals surface area contributed by atoms with Crippen molar-refractivity contribution < 1.29 is 0 Å². The highest BCUT2D eigenvalue weighted by Crippen LogP contribution is 2.39. The van der Waals surface area contributed by atoms with Gasteiger partial charge in [0.1, 0.15) is 0 Å². The van der Waals surface area contributed by atoms with Crippen molar-refractivity contribution in [3.8, 4) is 0 Å². The topological polar surface area (TPSA) is 66.1 Å². The van der Waals surface area contributed by atoms with Crippen LogP contribution in [-0.4, -0.2) is 27.8 Å². The summed E-state index contributed by atoms with van der Waals surface area (Å²) in [4.78, 5) is 8.75. The number of aliphatic imine (C=N–C) groups is 1. The molecule has 0 amide bonds. The Hall–Kier alpha value is -3.47. The molecule has 30 heavy (non-hydrogen) atoms. The first-order chi connectivity index (χ1) is 14.8. The highest BCUT2D eigenvalue weighted by molar-refractivity contribution is 6.18. The van der Waals surface area contributed by atoms with Gasteiger partial charge in [-0.15, -0.1) is 0 Å². The first kappa shape index (κ1) is 19.8. The van der Waals surface area contributed by atoms with Gasteiger partial charge in [-0.2, -0.15) is 0 Å². The number of rotatable bonds is 5. The summed E-state index contributed by atoms with van der Waals surface area (Å²) in [6, 6.07) is 19.1. The van der Waals surface area contributed by atoms with Crippen LogP contribution in [0.15, 0.2) is 90.0 Å². The Bertz CT molecular complexity index is 1050. The van der Waals surface area contributed by atoms with Crippen LogP contribution in [0.5, 0.6) is 0 Å². The lowest BCUT2D eigenvalue weighted by Crippen LogP contribution is -2.27. The Morgan fingerprint density at radius 1 is 1.20 bits per heavy atom. The molecule has 0 fully saturated rings. The molecule has 0 saturated heterocycles. The molecule has 0 aliphatic heterocycles. The van der Waals surface area contributed by atoms with Gasteiger partial charge in [-0.05, 0) is 36.5 Å². The lowest BCUT2D eigenvalue weighted by molar-refractivity contribution is 0.629. The molecule has 1 unspecified atom stereocenters. The Morgan fingerprint density at radius 3 is 2.77 bits per heavy atom. The van der Waals surface area contributed by atoms with Gasteiger partial charge in [0, 0.05) is 37.0 Å². The average molecular weight is 398 g/mol. The van der Waals surface area contributed by atoms with Crippen LogP contribution in [-0.2, 0) is 6.54 Å². The van der Waals surface area contributed by atoms with Gasteiger partial charge in [-0.25, -0.2) is 9.98 Å². The summed E-state index contributed by atoms with van der Waals surface area (Å²) < 4.78 is 2.04. The summed E-state index contributed by atoms with van der Waals surface area (Å²) in [6.07, 6.45) is 9.48. The summed E-state index contributed by atoms with van der Waals surface area (Å²) >= 11 is 0. The molecule has 1 aromatic heterocycles. The molecular formula is C25H27N5. The summed E-state index contributed by atoms with van der Waals surface area (Å²) in [5.41, 5.74) is 5.81. The maximum atomic E-state index is 8.35. The second-order valence-corrected chi connectivity index (χ2v) is 7.46. The highest BCUT2D eigenvalue weighted by Gasteiger charge is 2.28. The minimum Gasteiger partial charge on any atom is -0.355 e. The Kier molecular flexibility index (Phi) is 6.18. The summed E-state index contributed by atoms with van der Waals surface area (Å²) in [5, 5.41) is 11.5.